The maximum absolute atomic E-state index is 12.3. The van der Waals surface area contributed by atoms with Crippen LogP contribution < -0.4 is 4.72 Å². The molecule has 0 bridgehead atoms. The largest absolute Gasteiger partial charge is 0.341 e. The SMILES string of the molecule is CN(Cc1ccc(Br)cc1)C(=O)CCN=C1NS(=O)(=O)c2ccccc21. The van der Waals surface area contributed by atoms with Crippen molar-refractivity contribution in [3.05, 3.63) is 64.1 Å². The van der Waals surface area contributed by atoms with E-state index in [0.717, 1.165) is 10.0 Å². The summed E-state index contributed by atoms with van der Waals surface area (Å²) in [6, 6.07) is 14.4. The van der Waals surface area contributed by atoms with Crippen LogP contribution in [-0.2, 0) is 21.4 Å². The van der Waals surface area contributed by atoms with Crippen LogP contribution in [-0.4, -0.2) is 38.7 Å². The van der Waals surface area contributed by atoms with E-state index in [1.165, 1.54) is 6.07 Å². The standard InChI is InChI=1S/C18H18BrN3O3S/c1-22(12-13-6-8-14(19)9-7-13)17(23)10-11-20-18-15-4-2-3-5-16(15)26(24,25)21-18/h2-9H,10-12H2,1H3,(H,20,21). The number of halogens is 1. The monoisotopic (exact) mass is 435 g/mol. The molecule has 1 heterocycles. The third-order valence-corrected chi connectivity index (χ3v) is 5.94. The minimum atomic E-state index is -3.55. The van der Waals surface area contributed by atoms with E-state index in [-0.39, 0.29) is 23.8 Å². The molecule has 0 aromatic heterocycles. The zero-order chi connectivity index (χ0) is 18.7. The van der Waals surface area contributed by atoms with Gasteiger partial charge in [-0.3, -0.25) is 14.5 Å². The molecular weight excluding hydrogens is 418 g/mol. The fraction of sp³-hybridized carbons (Fsp3) is 0.222. The van der Waals surface area contributed by atoms with Crippen LogP contribution in [0, 0.1) is 0 Å². The molecule has 1 N–H and O–H groups in total. The zero-order valence-corrected chi connectivity index (χ0v) is 16.5. The van der Waals surface area contributed by atoms with Crippen molar-refractivity contribution in [2.45, 2.75) is 17.9 Å². The summed E-state index contributed by atoms with van der Waals surface area (Å²) >= 11 is 3.38. The molecular formula is C18H18BrN3O3S. The van der Waals surface area contributed by atoms with Crippen molar-refractivity contribution in [2.75, 3.05) is 13.6 Å². The molecule has 0 saturated heterocycles. The highest BCUT2D eigenvalue weighted by molar-refractivity contribution is 9.10. The summed E-state index contributed by atoms with van der Waals surface area (Å²) in [6.07, 6.45) is 0.209. The van der Waals surface area contributed by atoms with Crippen LogP contribution >= 0.6 is 15.9 Å². The van der Waals surface area contributed by atoms with Gasteiger partial charge in [0.2, 0.25) is 5.91 Å². The summed E-state index contributed by atoms with van der Waals surface area (Å²) in [5.74, 6) is 0.246. The minimum absolute atomic E-state index is 0.0496. The van der Waals surface area contributed by atoms with Crippen LogP contribution in [0.1, 0.15) is 17.5 Å². The molecule has 136 valence electrons. The van der Waals surface area contributed by atoms with Crippen molar-refractivity contribution in [1.29, 1.82) is 0 Å². The van der Waals surface area contributed by atoms with E-state index in [1.54, 1.807) is 30.1 Å². The lowest BCUT2D eigenvalue weighted by molar-refractivity contribution is -0.130. The van der Waals surface area contributed by atoms with Crippen molar-refractivity contribution >= 4 is 37.7 Å². The third-order valence-electron chi connectivity index (χ3n) is 4.02. The van der Waals surface area contributed by atoms with Gasteiger partial charge in [0.1, 0.15) is 5.84 Å². The summed E-state index contributed by atoms with van der Waals surface area (Å²) in [4.78, 5) is 18.4. The first-order valence-corrected chi connectivity index (χ1v) is 10.3. The van der Waals surface area contributed by atoms with Crippen molar-refractivity contribution in [2.24, 2.45) is 4.99 Å². The maximum Gasteiger partial charge on any atom is 0.263 e. The number of nitrogens with one attached hydrogen (secondary N) is 1. The molecule has 0 aliphatic carbocycles. The number of fused-ring (bicyclic) bond motifs is 1. The number of amides is 1. The van der Waals surface area contributed by atoms with E-state index in [1.807, 2.05) is 24.3 Å². The first-order valence-electron chi connectivity index (χ1n) is 8.02. The van der Waals surface area contributed by atoms with E-state index >= 15 is 0 Å². The molecule has 0 radical (unpaired) electrons. The van der Waals surface area contributed by atoms with Gasteiger partial charge in [-0.15, -0.1) is 0 Å². The summed E-state index contributed by atoms with van der Waals surface area (Å²) in [6.45, 7) is 0.730. The van der Waals surface area contributed by atoms with E-state index in [0.29, 0.717) is 17.9 Å². The van der Waals surface area contributed by atoms with Gasteiger partial charge in [-0.05, 0) is 29.8 Å². The number of aliphatic imine (C=N–C) groups is 1. The Balaban J connectivity index is 1.60. The lowest BCUT2D eigenvalue weighted by Gasteiger charge is -2.17. The summed E-state index contributed by atoms with van der Waals surface area (Å²) < 4.78 is 27.5. The first kappa shape index (κ1) is 18.6. The van der Waals surface area contributed by atoms with Gasteiger partial charge in [0.05, 0.1) is 11.4 Å². The lowest BCUT2D eigenvalue weighted by atomic mass is 10.2. The molecule has 0 unspecified atom stereocenters. The van der Waals surface area contributed by atoms with Crippen LogP contribution in [0.2, 0.25) is 0 Å². The molecule has 0 spiro atoms. The van der Waals surface area contributed by atoms with Gasteiger partial charge in [0, 0.05) is 30.0 Å². The number of nitrogens with zero attached hydrogens (tertiary/aromatic N) is 2. The number of hydrogen-bond donors (Lipinski definition) is 1. The first-order chi connectivity index (χ1) is 12.4. The Kier molecular flexibility index (Phi) is 5.43. The molecule has 8 heteroatoms. The Hall–Kier alpha value is -2.19. The van der Waals surface area contributed by atoms with Gasteiger partial charge in [0.25, 0.3) is 10.0 Å². The van der Waals surface area contributed by atoms with Crippen molar-refractivity contribution in [3.63, 3.8) is 0 Å². The fourth-order valence-corrected chi connectivity index (χ4v) is 4.17. The van der Waals surface area contributed by atoms with E-state index in [9.17, 15) is 13.2 Å². The van der Waals surface area contributed by atoms with Crippen molar-refractivity contribution < 1.29 is 13.2 Å². The molecule has 6 nitrogen and oxygen atoms in total. The fourth-order valence-electron chi connectivity index (χ4n) is 2.66. The van der Waals surface area contributed by atoms with Gasteiger partial charge >= 0.3 is 0 Å². The predicted octanol–water partition coefficient (Wildman–Crippen LogP) is 2.54. The molecule has 1 amide bonds. The van der Waals surface area contributed by atoms with Crippen molar-refractivity contribution in [1.82, 2.24) is 9.62 Å². The highest BCUT2D eigenvalue weighted by atomic mass is 79.9. The smallest absolute Gasteiger partial charge is 0.263 e. The van der Waals surface area contributed by atoms with E-state index in [4.69, 9.17) is 0 Å². The molecule has 2 aromatic rings. The van der Waals surface area contributed by atoms with E-state index in [2.05, 4.69) is 25.6 Å². The summed E-state index contributed by atoms with van der Waals surface area (Å²) in [7, 11) is -1.80. The van der Waals surface area contributed by atoms with Crippen LogP contribution in [0.3, 0.4) is 0 Å². The number of sulfonamides is 1. The molecule has 1 aliphatic heterocycles. The number of benzene rings is 2. The second-order valence-electron chi connectivity index (χ2n) is 5.96. The van der Waals surface area contributed by atoms with Gasteiger partial charge < -0.3 is 4.90 Å². The molecule has 0 atom stereocenters. The van der Waals surface area contributed by atoms with Gasteiger partial charge in [-0.2, -0.15) is 0 Å². The molecule has 3 rings (SSSR count). The van der Waals surface area contributed by atoms with Crippen molar-refractivity contribution in [3.8, 4) is 0 Å². The highest BCUT2D eigenvalue weighted by Gasteiger charge is 2.29. The second kappa shape index (κ2) is 7.59. The Labute approximate surface area is 161 Å². The van der Waals surface area contributed by atoms with Crippen LogP contribution in [0.15, 0.2) is 62.9 Å². The molecule has 26 heavy (non-hydrogen) atoms. The average molecular weight is 436 g/mol. The molecule has 1 aliphatic rings. The van der Waals surface area contributed by atoms with Gasteiger partial charge in [0.15, 0.2) is 0 Å². The Morgan fingerprint density at radius 1 is 1.15 bits per heavy atom. The number of amidine groups is 1. The van der Waals surface area contributed by atoms with E-state index < -0.39 is 10.0 Å². The number of rotatable bonds is 5. The quantitative estimate of drug-likeness (QED) is 0.783. The number of carbonyl (C=O) groups excluding carboxylic acids is 1. The number of carbonyl (C=O) groups is 1. The molecule has 0 fully saturated rings. The zero-order valence-electron chi connectivity index (χ0n) is 14.1. The predicted molar refractivity (Wildman–Crippen MR) is 103 cm³/mol. The number of hydrogen-bond acceptors (Lipinski definition) is 4. The minimum Gasteiger partial charge on any atom is -0.341 e. The normalized spacial score (nSPS) is 16.2. The van der Waals surface area contributed by atoms with Crippen LogP contribution in [0.4, 0.5) is 0 Å². The third kappa shape index (κ3) is 4.13. The molecule has 2 aromatic carbocycles. The van der Waals surface area contributed by atoms with Crippen LogP contribution in [0.25, 0.3) is 0 Å². The Bertz CT molecular complexity index is 956. The van der Waals surface area contributed by atoms with Gasteiger partial charge in [-0.25, -0.2) is 8.42 Å². The second-order valence-corrected chi connectivity index (χ2v) is 8.52. The Morgan fingerprint density at radius 2 is 1.85 bits per heavy atom. The topological polar surface area (TPSA) is 78.8 Å². The molecule has 0 saturated carbocycles. The van der Waals surface area contributed by atoms with Gasteiger partial charge in [-0.1, -0.05) is 40.2 Å². The highest BCUT2D eigenvalue weighted by Crippen LogP contribution is 2.22. The average Bonchev–Trinajstić information content (AvgIpc) is 2.88. The maximum atomic E-state index is 12.3. The Morgan fingerprint density at radius 3 is 2.58 bits per heavy atom. The van der Waals surface area contributed by atoms with Crippen LogP contribution in [0.5, 0.6) is 0 Å². The summed E-state index contributed by atoms with van der Waals surface area (Å²) in [5, 5.41) is 0. The lowest BCUT2D eigenvalue weighted by Crippen LogP contribution is -2.27. The summed E-state index contributed by atoms with van der Waals surface area (Å²) in [5.41, 5.74) is 1.58.